The monoisotopic (exact) mass is 466 g/mol. The van der Waals surface area contributed by atoms with Crippen molar-refractivity contribution in [1.82, 2.24) is 10.2 Å². The van der Waals surface area contributed by atoms with Crippen molar-refractivity contribution in [2.24, 2.45) is 0 Å². The number of benzene rings is 2. The normalized spacial score (nSPS) is 18.0. The van der Waals surface area contributed by atoms with Crippen LogP contribution >= 0.6 is 0 Å². The first-order valence-corrected chi connectivity index (χ1v) is 11.4. The minimum atomic E-state index is -3.96. The number of amides is 4. The van der Waals surface area contributed by atoms with E-state index in [0.717, 1.165) is 10.5 Å². The molecule has 0 bridgehead atoms. The van der Waals surface area contributed by atoms with Crippen molar-refractivity contribution >= 4 is 33.7 Å². The lowest BCUT2D eigenvalue weighted by Gasteiger charge is -2.27. The van der Waals surface area contributed by atoms with E-state index in [2.05, 4.69) is 17.2 Å². The van der Waals surface area contributed by atoms with E-state index < -0.39 is 46.4 Å². The second-order valence-corrected chi connectivity index (χ2v) is 9.15. The summed E-state index contributed by atoms with van der Waals surface area (Å²) in [5, 5.41) is 2.14. The summed E-state index contributed by atoms with van der Waals surface area (Å²) < 4.78 is 29.3. The van der Waals surface area contributed by atoms with Gasteiger partial charge in [-0.15, -0.1) is 0 Å². The number of carbonyl (C=O) groups excluding carboxylic acids is 4. The van der Waals surface area contributed by atoms with Gasteiger partial charge >= 0.3 is 0 Å². The van der Waals surface area contributed by atoms with Crippen molar-refractivity contribution in [1.29, 1.82) is 0 Å². The van der Waals surface area contributed by atoms with E-state index in [1.807, 2.05) is 6.92 Å². The van der Waals surface area contributed by atoms with Gasteiger partial charge in [0.15, 0.2) is 0 Å². The quantitative estimate of drug-likeness (QED) is 0.407. The first kappa shape index (κ1) is 22.4. The number of imide groups is 2. The molecular weight excluding hydrogens is 448 g/mol. The van der Waals surface area contributed by atoms with Crippen LogP contribution in [0.25, 0.3) is 0 Å². The molecule has 2 aromatic rings. The average molecular weight is 466 g/mol. The molecule has 0 radical (unpaired) electrons. The van der Waals surface area contributed by atoms with Crippen LogP contribution in [-0.2, 0) is 23.9 Å². The van der Waals surface area contributed by atoms with Crippen molar-refractivity contribution in [3.8, 4) is 11.8 Å². The molecule has 9 nitrogen and oxygen atoms in total. The van der Waals surface area contributed by atoms with Gasteiger partial charge < -0.3 is 0 Å². The molecule has 0 spiro atoms. The molecule has 10 heteroatoms. The fraction of sp³-hybridized carbons (Fsp3) is 0.217. The molecule has 1 saturated heterocycles. The minimum absolute atomic E-state index is 0.0186. The van der Waals surface area contributed by atoms with Crippen LogP contribution in [0.2, 0.25) is 0 Å². The second kappa shape index (κ2) is 8.61. The van der Waals surface area contributed by atoms with E-state index in [-0.39, 0.29) is 28.9 Å². The van der Waals surface area contributed by atoms with Crippen molar-refractivity contribution < 1.29 is 31.8 Å². The van der Waals surface area contributed by atoms with Crippen molar-refractivity contribution in [2.75, 3.05) is 6.61 Å². The standard InChI is InChI=1S/C23H18N2O7S/c1-14-4-7-16(8-5-14)33(30,31)32-12-2-3-15-6-9-17-18(13-15)23(29)25(22(17)28)19-10-11-20(26)24-21(19)27/h4-9,13,19H,10-12H2,1H3,(H,24,26,27). The van der Waals surface area contributed by atoms with Crippen molar-refractivity contribution in [3.05, 3.63) is 64.7 Å². The van der Waals surface area contributed by atoms with E-state index in [9.17, 15) is 27.6 Å². The minimum Gasteiger partial charge on any atom is -0.295 e. The summed E-state index contributed by atoms with van der Waals surface area (Å²) in [5.41, 5.74) is 1.50. The van der Waals surface area contributed by atoms with Gasteiger partial charge in [0.2, 0.25) is 11.8 Å². The summed E-state index contributed by atoms with van der Waals surface area (Å²) in [7, 11) is -3.96. The summed E-state index contributed by atoms with van der Waals surface area (Å²) >= 11 is 0. The summed E-state index contributed by atoms with van der Waals surface area (Å²) in [6.07, 6.45) is 0.0988. The maximum Gasteiger partial charge on any atom is 0.297 e. The summed E-state index contributed by atoms with van der Waals surface area (Å²) in [6.45, 7) is 1.43. The fourth-order valence-corrected chi connectivity index (χ4v) is 4.39. The Hall–Kier alpha value is -3.81. The lowest BCUT2D eigenvalue weighted by atomic mass is 10.0. The molecule has 0 aliphatic carbocycles. The number of nitrogens with one attached hydrogen (secondary N) is 1. The number of rotatable bonds is 4. The third-order valence-corrected chi connectivity index (χ3v) is 6.55. The highest BCUT2D eigenvalue weighted by Crippen LogP contribution is 2.28. The SMILES string of the molecule is Cc1ccc(S(=O)(=O)OCC#Cc2ccc3c(c2)C(=O)N(C2CCC(=O)NC2=O)C3=O)cc1. The fourth-order valence-electron chi connectivity index (χ4n) is 3.57. The highest BCUT2D eigenvalue weighted by Gasteiger charge is 2.44. The third kappa shape index (κ3) is 4.41. The van der Waals surface area contributed by atoms with Crippen LogP contribution in [0.4, 0.5) is 0 Å². The van der Waals surface area contributed by atoms with Gasteiger partial charge in [-0.2, -0.15) is 8.42 Å². The number of hydrogen-bond donors (Lipinski definition) is 1. The zero-order valence-electron chi connectivity index (χ0n) is 17.5. The molecule has 2 aliphatic rings. The second-order valence-electron chi connectivity index (χ2n) is 7.54. The van der Waals surface area contributed by atoms with Crippen LogP contribution in [0.3, 0.4) is 0 Å². The molecule has 0 saturated carbocycles. The maximum absolute atomic E-state index is 12.8. The molecule has 33 heavy (non-hydrogen) atoms. The van der Waals surface area contributed by atoms with Crippen LogP contribution in [0.15, 0.2) is 47.4 Å². The molecule has 2 heterocycles. The highest BCUT2D eigenvalue weighted by atomic mass is 32.2. The molecular formula is C23H18N2O7S. The molecule has 1 fully saturated rings. The summed E-state index contributed by atoms with van der Waals surface area (Å²) in [4.78, 5) is 49.9. The molecule has 2 aromatic carbocycles. The maximum atomic E-state index is 12.8. The first-order valence-electron chi connectivity index (χ1n) is 9.98. The van der Waals surface area contributed by atoms with Gasteiger partial charge in [0.25, 0.3) is 21.9 Å². The lowest BCUT2D eigenvalue weighted by molar-refractivity contribution is -0.136. The number of aryl methyl sites for hydroxylation is 1. The third-order valence-electron chi connectivity index (χ3n) is 5.27. The summed E-state index contributed by atoms with van der Waals surface area (Å²) in [6, 6.07) is 9.49. The van der Waals surface area contributed by atoms with Gasteiger partial charge in [-0.25, -0.2) is 0 Å². The van der Waals surface area contributed by atoms with Crippen LogP contribution in [0.5, 0.6) is 0 Å². The Morgan fingerprint density at radius 3 is 2.42 bits per heavy atom. The molecule has 1 N–H and O–H groups in total. The van der Waals surface area contributed by atoms with Gasteiger partial charge in [-0.3, -0.25) is 33.6 Å². The zero-order valence-corrected chi connectivity index (χ0v) is 18.3. The molecule has 2 aliphatic heterocycles. The van der Waals surface area contributed by atoms with Crippen LogP contribution in [0.1, 0.15) is 44.7 Å². The van der Waals surface area contributed by atoms with E-state index >= 15 is 0 Å². The molecule has 4 amide bonds. The van der Waals surface area contributed by atoms with Gasteiger partial charge in [0, 0.05) is 12.0 Å². The van der Waals surface area contributed by atoms with Crippen LogP contribution in [0, 0.1) is 18.8 Å². The highest BCUT2D eigenvalue weighted by molar-refractivity contribution is 7.86. The van der Waals surface area contributed by atoms with E-state index in [0.29, 0.717) is 5.56 Å². The Morgan fingerprint density at radius 2 is 1.73 bits per heavy atom. The van der Waals surface area contributed by atoms with Gasteiger partial charge in [0.05, 0.1) is 16.0 Å². The number of fused-ring (bicyclic) bond motifs is 1. The summed E-state index contributed by atoms with van der Waals surface area (Å²) in [5.74, 6) is 2.89. The number of carbonyl (C=O) groups is 4. The van der Waals surface area contributed by atoms with Crippen LogP contribution in [-0.4, -0.2) is 49.6 Å². The Bertz CT molecular complexity index is 1350. The van der Waals surface area contributed by atoms with Crippen molar-refractivity contribution in [2.45, 2.75) is 30.7 Å². The molecule has 4 rings (SSSR count). The molecule has 0 aromatic heterocycles. The smallest absolute Gasteiger partial charge is 0.295 e. The largest absolute Gasteiger partial charge is 0.297 e. The van der Waals surface area contributed by atoms with E-state index in [1.54, 1.807) is 12.1 Å². The predicted octanol–water partition coefficient (Wildman–Crippen LogP) is 1.15. The van der Waals surface area contributed by atoms with Gasteiger partial charge in [-0.05, 0) is 43.7 Å². The Morgan fingerprint density at radius 1 is 1.03 bits per heavy atom. The van der Waals surface area contributed by atoms with Crippen molar-refractivity contribution in [3.63, 3.8) is 0 Å². The molecule has 1 unspecified atom stereocenters. The van der Waals surface area contributed by atoms with Gasteiger partial charge in [-0.1, -0.05) is 29.5 Å². The molecule has 168 valence electrons. The topological polar surface area (TPSA) is 127 Å². The van der Waals surface area contributed by atoms with E-state index in [1.165, 1.54) is 30.3 Å². The van der Waals surface area contributed by atoms with Gasteiger partial charge in [0.1, 0.15) is 12.6 Å². The number of hydrogen-bond acceptors (Lipinski definition) is 7. The lowest BCUT2D eigenvalue weighted by Crippen LogP contribution is -2.54. The number of nitrogens with zero attached hydrogens (tertiary/aromatic N) is 1. The van der Waals surface area contributed by atoms with E-state index in [4.69, 9.17) is 4.18 Å². The number of piperidine rings is 1. The predicted molar refractivity (Wildman–Crippen MR) is 114 cm³/mol. The average Bonchev–Trinajstić information content (AvgIpc) is 3.02. The Labute approximate surface area is 189 Å². The Balaban J connectivity index is 1.47. The Kier molecular flexibility index (Phi) is 5.84. The van der Waals surface area contributed by atoms with Crippen LogP contribution < -0.4 is 5.32 Å². The molecule has 1 atom stereocenters. The first-order chi connectivity index (χ1) is 15.7. The zero-order chi connectivity index (χ0) is 23.8.